The Labute approximate surface area is 118 Å². The first kappa shape index (κ1) is 14.3. The third-order valence-corrected chi connectivity index (χ3v) is 3.03. The Bertz CT molecular complexity index is 657. The van der Waals surface area contributed by atoms with E-state index in [-0.39, 0.29) is 12.0 Å². The summed E-state index contributed by atoms with van der Waals surface area (Å²) in [7, 11) is 0. The number of carbonyl (C=O) groups is 1. The summed E-state index contributed by atoms with van der Waals surface area (Å²) in [6.45, 7) is 8.03. The van der Waals surface area contributed by atoms with Gasteiger partial charge in [0.1, 0.15) is 0 Å². The molecule has 0 aliphatic carbocycles. The molecule has 0 fully saturated rings. The molecule has 2 rings (SSSR count). The molecule has 1 heterocycles. The molecule has 20 heavy (non-hydrogen) atoms. The normalized spacial score (nSPS) is 11.6. The molecular weight excluding hydrogens is 252 g/mol. The van der Waals surface area contributed by atoms with Gasteiger partial charge in [-0.1, -0.05) is 18.2 Å². The minimum atomic E-state index is -0.845. The second-order valence-corrected chi connectivity index (χ2v) is 6.01. The highest BCUT2D eigenvalue weighted by Crippen LogP contribution is 2.31. The van der Waals surface area contributed by atoms with E-state index in [2.05, 4.69) is 31.1 Å². The number of aromatic nitrogens is 1. The van der Waals surface area contributed by atoms with Crippen molar-refractivity contribution in [2.45, 2.75) is 39.7 Å². The lowest BCUT2D eigenvalue weighted by Crippen LogP contribution is -2.27. The van der Waals surface area contributed by atoms with Crippen molar-refractivity contribution in [1.29, 1.82) is 0 Å². The fraction of sp³-hybridized carbons (Fsp3) is 0.375. The van der Waals surface area contributed by atoms with Crippen molar-refractivity contribution in [3.8, 4) is 0 Å². The molecule has 0 saturated carbocycles. The Hall–Kier alpha value is -2.10. The summed E-state index contributed by atoms with van der Waals surface area (Å²) < 4.78 is 0. The molecule has 0 bridgehead atoms. The minimum absolute atomic E-state index is 0.0257. The fourth-order valence-corrected chi connectivity index (χ4v) is 2.26. The second kappa shape index (κ2) is 5.12. The van der Waals surface area contributed by atoms with Gasteiger partial charge in [0, 0.05) is 27.9 Å². The average Bonchev–Trinajstić information content (AvgIpc) is 2.31. The van der Waals surface area contributed by atoms with Crippen LogP contribution in [-0.4, -0.2) is 21.6 Å². The van der Waals surface area contributed by atoms with E-state index in [0.717, 1.165) is 27.8 Å². The van der Waals surface area contributed by atoms with Gasteiger partial charge in [-0.2, -0.15) is 0 Å². The Morgan fingerprint density at radius 2 is 1.95 bits per heavy atom. The van der Waals surface area contributed by atoms with Crippen LogP contribution in [0.2, 0.25) is 0 Å². The zero-order chi connectivity index (χ0) is 14.9. The van der Waals surface area contributed by atoms with Crippen LogP contribution in [0.4, 0.5) is 5.69 Å². The first-order chi connectivity index (χ1) is 9.28. The van der Waals surface area contributed by atoms with Gasteiger partial charge in [-0.25, -0.2) is 0 Å². The molecule has 0 aliphatic heterocycles. The average molecular weight is 272 g/mol. The summed E-state index contributed by atoms with van der Waals surface area (Å²) >= 11 is 0. The number of nitrogens with one attached hydrogen (secondary N) is 1. The van der Waals surface area contributed by atoms with Gasteiger partial charge < -0.3 is 10.4 Å². The fourth-order valence-electron chi connectivity index (χ4n) is 2.26. The quantitative estimate of drug-likeness (QED) is 0.899. The number of carboxylic acids is 1. The number of pyridine rings is 1. The lowest BCUT2D eigenvalue weighted by molar-refractivity contribution is -0.136. The van der Waals surface area contributed by atoms with E-state index < -0.39 is 5.97 Å². The van der Waals surface area contributed by atoms with Crippen LogP contribution in [0.25, 0.3) is 10.9 Å². The molecule has 2 aromatic rings. The highest BCUT2D eigenvalue weighted by Gasteiger charge is 2.19. The van der Waals surface area contributed by atoms with Crippen molar-refractivity contribution < 1.29 is 9.90 Å². The number of hydrogen-bond donors (Lipinski definition) is 2. The number of rotatable bonds is 3. The Morgan fingerprint density at radius 3 is 2.55 bits per heavy atom. The molecule has 2 N–H and O–H groups in total. The molecule has 0 unspecified atom stereocenters. The SMILES string of the molecule is Cc1nc2ccccc2c(NC(C)(C)C)c1CC(=O)O. The van der Waals surface area contributed by atoms with Gasteiger partial charge in [-0.15, -0.1) is 0 Å². The third kappa shape index (κ3) is 3.07. The van der Waals surface area contributed by atoms with Crippen molar-refractivity contribution in [2.24, 2.45) is 0 Å². The van der Waals surface area contributed by atoms with Gasteiger partial charge >= 0.3 is 5.97 Å². The second-order valence-electron chi connectivity index (χ2n) is 6.01. The lowest BCUT2D eigenvalue weighted by atomic mass is 10.00. The third-order valence-electron chi connectivity index (χ3n) is 3.03. The van der Waals surface area contributed by atoms with Crippen LogP contribution >= 0.6 is 0 Å². The Balaban J connectivity index is 2.71. The molecule has 0 spiro atoms. The summed E-state index contributed by atoms with van der Waals surface area (Å²) in [5.74, 6) is -0.845. The van der Waals surface area contributed by atoms with Gasteiger partial charge in [0.15, 0.2) is 0 Å². The van der Waals surface area contributed by atoms with Gasteiger partial charge in [0.05, 0.1) is 11.9 Å². The Morgan fingerprint density at radius 1 is 1.30 bits per heavy atom. The number of hydrogen-bond acceptors (Lipinski definition) is 3. The molecule has 4 nitrogen and oxygen atoms in total. The van der Waals surface area contributed by atoms with E-state index in [1.165, 1.54) is 0 Å². The molecule has 0 aliphatic rings. The molecule has 106 valence electrons. The number of benzene rings is 1. The highest BCUT2D eigenvalue weighted by atomic mass is 16.4. The first-order valence-electron chi connectivity index (χ1n) is 6.66. The molecular formula is C16H20N2O2. The van der Waals surface area contributed by atoms with E-state index in [4.69, 9.17) is 5.11 Å². The van der Waals surface area contributed by atoms with Crippen LogP contribution in [0.1, 0.15) is 32.0 Å². The van der Waals surface area contributed by atoms with Gasteiger partial charge in [-0.3, -0.25) is 9.78 Å². The topological polar surface area (TPSA) is 62.2 Å². The van der Waals surface area contributed by atoms with Crippen molar-refractivity contribution in [3.63, 3.8) is 0 Å². The van der Waals surface area contributed by atoms with Crippen LogP contribution in [-0.2, 0) is 11.2 Å². The number of carboxylic acid groups (broad SMARTS) is 1. The number of fused-ring (bicyclic) bond motifs is 1. The smallest absolute Gasteiger partial charge is 0.307 e. The largest absolute Gasteiger partial charge is 0.481 e. The lowest BCUT2D eigenvalue weighted by Gasteiger charge is -2.26. The summed E-state index contributed by atoms with van der Waals surface area (Å²) in [4.78, 5) is 15.6. The standard InChI is InChI=1S/C16H20N2O2/c1-10-12(9-14(19)20)15(18-16(2,3)4)11-7-5-6-8-13(11)17-10/h5-8H,9H2,1-4H3,(H,17,18)(H,19,20). The van der Waals surface area contributed by atoms with Gasteiger partial charge in [0.25, 0.3) is 0 Å². The molecule has 1 aromatic heterocycles. The maximum Gasteiger partial charge on any atom is 0.307 e. The number of nitrogens with zero attached hydrogens (tertiary/aromatic N) is 1. The predicted octanol–water partition coefficient (Wildman–Crippen LogP) is 3.38. The van der Waals surface area contributed by atoms with E-state index in [1.807, 2.05) is 31.2 Å². The molecule has 0 radical (unpaired) electrons. The van der Waals surface area contributed by atoms with Crippen LogP contribution in [0, 0.1) is 6.92 Å². The van der Waals surface area contributed by atoms with Crippen molar-refractivity contribution >= 4 is 22.6 Å². The summed E-state index contributed by atoms with van der Waals surface area (Å²) in [5.41, 5.74) is 3.13. The summed E-state index contributed by atoms with van der Waals surface area (Å²) in [5, 5.41) is 13.5. The van der Waals surface area contributed by atoms with Crippen LogP contribution < -0.4 is 5.32 Å². The number of para-hydroxylation sites is 1. The van der Waals surface area contributed by atoms with E-state index in [9.17, 15) is 4.79 Å². The maximum atomic E-state index is 11.1. The van der Waals surface area contributed by atoms with E-state index in [1.54, 1.807) is 0 Å². The highest BCUT2D eigenvalue weighted by molar-refractivity contribution is 5.95. The van der Waals surface area contributed by atoms with E-state index >= 15 is 0 Å². The summed E-state index contributed by atoms with van der Waals surface area (Å²) in [6.07, 6.45) is -0.0257. The molecule has 0 amide bonds. The van der Waals surface area contributed by atoms with Crippen LogP contribution in [0.3, 0.4) is 0 Å². The van der Waals surface area contributed by atoms with Crippen molar-refractivity contribution in [2.75, 3.05) is 5.32 Å². The molecule has 0 atom stereocenters. The van der Waals surface area contributed by atoms with Crippen molar-refractivity contribution in [3.05, 3.63) is 35.5 Å². The van der Waals surface area contributed by atoms with Gasteiger partial charge in [-0.05, 0) is 33.8 Å². The number of aliphatic carboxylic acids is 1. The molecule has 0 saturated heterocycles. The van der Waals surface area contributed by atoms with Crippen molar-refractivity contribution in [1.82, 2.24) is 4.98 Å². The van der Waals surface area contributed by atoms with Crippen LogP contribution in [0.5, 0.6) is 0 Å². The predicted molar refractivity (Wildman–Crippen MR) is 81.2 cm³/mol. The van der Waals surface area contributed by atoms with E-state index in [0.29, 0.717) is 0 Å². The summed E-state index contributed by atoms with van der Waals surface area (Å²) in [6, 6.07) is 7.80. The zero-order valence-electron chi connectivity index (χ0n) is 12.3. The minimum Gasteiger partial charge on any atom is -0.481 e. The number of anilines is 1. The van der Waals surface area contributed by atoms with Crippen LogP contribution in [0.15, 0.2) is 24.3 Å². The molecule has 1 aromatic carbocycles. The monoisotopic (exact) mass is 272 g/mol. The van der Waals surface area contributed by atoms with Gasteiger partial charge in [0.2, 0.25) is 0 Å². The zero-order valence-corrected chi connectivity index (χ0v) is 12.3. The number of aryl methyl sites for hydroxylation is 1. The molecule has 4 heteroatoms. The Kier molecular flexibility index (Phi) is 3.66. The first-order valence-corrected chi connectivity index (χ1v) is 6.66. The maximum absolute atomic E-state index is 11.1.